The molecule has 0 radical (unpaired) electrons. The molecule has 0 spiro atoms. The fourth-order valence-electron chi connectivity index (χ4n) is 1.84. The van der Waals surface area contributed by atoms with Crippen LogP contribution >= 0.6 is 11.8 Å². The summed E-state index contributed by atoms with van der Waals surface area (Å²) in [5, 5.41) is 12.8. The number of furan rings is 1. The molecular formula is C12H14N6O2S. The molecule has 0 aliphatic carbocycles. The van der Waals surface area contributed by atoms with Crippen LogP contribution < -0.4 is 5.73 Å². The normalized spacial score (nSPS) is 11.1. The molecule has 0 unspecified atom stereocenters. The molecule has 8 nitrogen and oxygen atoms in total. The number of rotatable bonds is 6. The summed E-state index contributed by atoms with van der Waals surface area (Å²) in [6, 6.07) is 3.56. The molecule has 0 aromatic carbocycles. The molecule has 3 aromatic rings. The zero-order chi connectivity index (χ0) is 14.7. The minimum atomic E-state index is 0.366. The fourth-order valence-corrected chi connectivity index (χ4v) is 2.70. The lowest BCUT2D eigenvalue weighted by Crippen LogP contribution is -2.08. The van der Waals surface area contributed by atoms with Gasteiger partial charge in [0.25, 0.3) is 0 Å². The van der Waals surface area contributed by atoms with Gasteiger partial charge in [-0.2, -0.15) is 4.98 Å². The Morgan fingerprint density at radius 1 is 1.38 bits per heavy atom. The van der Waals surface area contributed by atoms with Gasteiger partial charge in [-0.05, 0) is 19.1 Å². The van der Waals surface area contributed by atoms with Crippen molar-refractivity contribution in [2.75, 3.05) is 0 Å². The predicted molar refractivity (Wildman–Crippen MR) is 75.1 cm³/mol. The van der Waals surface area contributed by atoms with E-state index in [1.54, 1.807) is 18.4 Å². The molecule has 0 atom stereocenters. The highest BCUT2D eigenvalue weighted by Crippen LogP contribution is 2.23. The molecule has 0 amide bonds. The summed E-state index contributed by atoms with van der Waals surface area (Å²) in [7, 11) is 0. The van der Waals surface area contributed by atoms with Gasteiger partial charge in [0.15, 0.2) is 10.9 Å². The van der Waals surface area contributed by atoms with Crippen LogP contribution in [0.4, 0.5) is 0 Å². The largest absolute Gasteiger partial charge is 0.461 e. The summed E-state index contributed by atoms with van der Waals surface area (Å²) in [6.07, 6.45) is 1.57. The first-order chi connectivity index (χ1) is 10.3. The zero-order valence-corrected chi connectivity index (χ0v) is 12.2. The standard InChI is InChI=1S/C12H14N6O2S/c1-2-18-9(6-13)15-16-12(18)21-7-10-14-11(17-20-10)8-4-3-5-19-8/h3-5H,2,6-7,13H2,1H3. The molecule has 2 N–H and O–H groups in total. The molecular weight excluding hydrogens is 292 g/mol. The summed E-state index contributed by atoms with van der Waals surface area (Å²) >= 11 is 1.48. The molecule has 110 valence electrons. The van der Waals surface area contributed by atoms with E-state index in [0.29, 0.717) is 29.8 Å². The van der Waals surface area contributed by atoms with Crippen LogP contribution in [0, 0.1) is 0 Å². The number of hydrogen-bond donors (Lipinski definition) is 1. The molecule has 0 saturated heterocycles. The lowest BCUT2D eigenvalue weighted by atomic mass is 10.4. The molecule has 0 bridgehead atoms. The first-order valence-corrected chi connectivity index (χ1v) is 7.41. The topological polar surface area (TPSA) is 109 Å². The SMILES string of the molecule is CCn1c(CN)nnc1SCc1nc(-c2ccco2)no1. The highest BCUT2D eigenvalue weighted by Gasteiger charge is 2.14. The first kappa shape index (κ1) is 13.8. The van der Waals surface area contributed by atoms with Crippen molar-refractivity contribution in [2.45, 2.75) is 30.9 Å². The van der Waals surface area contributed by atoms with Gasteiger partial charge < -0.3 is 19.2 Å². The Morgan fingerprint density at radius 3 is 3.00 bits per heavy atom. The van der Waals surface area contributed by atoms with E-state index < -0.39 is 0 Å². The van der Waals surface area contributed by atoms with Gasteiger partial charge in [0, 0.05) is 6.54 Å². The van der Waals surface area contributed by atoms with Crippen LogP contribution in [-0.2, 0) is 18.8 Å². The van der Waals surface area contributed by atoms with Gasteiger partial charge in [-0.25, -0.2) is 0 Å². The summed E-state index contributed by atoms with van der Waals surface area (Å²) in [4.78, 5) is 4.28. The molecule has 3 rings (SSSR count). The Balaban J connectivity index is 1.69. The fraction of sp³-hybridized carbons (Fsp3) is 0.333. The van der Waals surface area contributed by atoms with Crippen LogP contribution in [0.15, 0.2) is 32.5 Å². The summed E-state index contributed by atoms with van der Waals surface area (Å²) in [5.41, 5.74) is 5.62. The average molecular weight is 306 g/mol. The number of hydrogen-bond acceptors (Lipinski definition) is 8. The summed E-state index contributed by atoms with van der Waals surface area (Å²) in [6.45, 7) is 3.15. The Hall–Kier alpha value is -2.13. The van der Waals surface area contributed by atoms with E-state index in [9.17, 15) is 0 Å². The van der Waals surface area contributed by atoms with Crippen molar-refractivity contribution in [3.63, 3.8) is 0 Å². The van der Waals surface area contributed by atoms with Crippen molar-refractivity contribution < 1.29 is 8.94 Å². The maximum Gasteiger partial charge on any atom is 0.238 e. The van der Waals surface area contributed by atoms with Gasteiger partial charge in [0.2, 0.25) is 11.7 Å². The monoisotopic (exact) mass is 306 g/mol. The third-order valence-electron chi connectivity index (χ3n) is 2.83. The number of nitrogens with zero attached hydrogens (tertiary/aromatic N) is 5. The van der Waals surface area contributed by atoms with Crippen LogP contribution in [0.25, 0.3) is 11.6 Å². The van der Waals surface area contributed by atoms with Crippen LogP contribution in [0.1, 0.15) is 18.6 Å². The van der Waals surface area contributed by atoms with E-state index in [4.69, 9.17) is 14.7 Å². The van der Waals surface area contributed by atoms with Crippen molar-refractivity contribution in [3.05, 3.63) is 30.1 Å². The van der Waals surface area contributed by atoms with E-state index >= 15 is 0 Å². The number of nitrogens with two attached hydrogens (primary N) is 1. The molecule has 9 heteroatoms. The Kier molecular flexibility index (Phi) is 4.02. The van der Waals surface area contributed by atoms with Crippen molar-refractivity contribution in [1.82, 2.24) is 24.9 Å². The maximum atomic E-state index is 5.62. The Labute approximate surface area is 124 Å². The van der Waals surface area contributed by atoms with E-state index in [2.05, 4.69) is 20.3 Å². The third-order valence-corrected chi connectivity index (χ3v) is 3.78. The second-order valence-corrected chi connectivity index (χ2v) is 5.07. The number of aromatic nitrogens is 5. The molecule has 3 aromatic heterocycles. The smallest absolute Gasteiger partial charge is 0.238 e. The average Bonchev–Trinajstić information content (AvgIpc) is 3.23. The van der Waals surface area contributed by atoms with Crippen LogP contribution in [0.3, 0.4) is 0 Å². The molecule has 0 aliphatic heterocycles. The van der Waals surface area contributed by atoms with E-state index in [-0.39, 0.29) is 0 Å². The highest BCUT2D eigenvalue weighted by atomic mass is 32.2. The second kappa shape index (κ2) is 6.10. The summed E-state index contributed by atoms with van der Waals surface area (Å²) < 4.78 is 12.4. The quantitative estimate of drug-likeness (QED) is 0.685. The van der Waals surface area contributed by atoms with Gasteiger partial charge in [0.1, 0.15) is 5.82 Å². The van der Waals surface area contributed by atoms with Crippen molar-refractivity contribution in [1.29, 1.82) is 0 Å². The Bertz CT molecular complexity index is 705. The van der Waals surface area contributed by atoms with Crippen molar-refractivity contribution in [3.8, 4) is 11.6 Å². The lowest BCUT2D eigenvalue weighted by molar-refractivity contribution is 0.390. The maximum absolute atomic E-state index is 5.62. The lowest BCUT2D eigenvalue weighted by Gasteiger charge is -2.04. The molecule has 0 fully saturated rings. The number of thioether (sulfide) groups is 1. The van der Waals surface area contributed by atoms with E-state index in [0.717, 1.165) is 17.5 Å². The van der Waals surface area contributed by atoms with Crippen LogP contribution in [0.5, 0.6) is 0 Å². The zero-order valence-electron chi connectivity index (χ0n) is 11.4. The van der Waals surface area contributed by atoms with Gasteiger partial charge >= 0.3 is 0 Å². The third kappa shape index (κ3) is 2.83. The molecule has 0 aliphatic rings. The highest BCUT2D eigenvalue weighted by molar-refractivity contribution is 7.98. The van der Waals surface area contributed by atoms with Crippen molar-refractivity contribution >= 4 is 11.8 Å². The van der Waals surface area contributed by atoms with Gasteiger partial charge in [-0.15, -0.1) is 10.2 Å². The predicted octanol–water partition coefficient (Wildman–Crippen LogP) is 1.69. The Morgan fingerprint density at radius 2 is 2.29 bits per heavy atom. The van der Waals surface area contributed by atoms with E-state index in [1.807, 2.05) is 11.5 Å². The minimum absolute atomic E-state index is 0.366. The second-order valence-electron chi connectivity index (χ2n) is 4.12. The van der Waals surface area contributed by atoms with Crippen LogP contribution in [0.2, 0.25) is 0 Å². The van der Waals surface area contributed by atoms with Gasteiger partial charge in [-0.1, -0.05) is 16.9 Å². The van der Waals surface area contributed by atoms with E-state index in [1.165, 1.54) is 11.8 Å². The molecule has 0 saturated carbocycles. The first-order valence-electron chi connectivity index (χ1n) is 6.43. The van der Waals surface area contributed by atoms with Gasteiger partial charge in [0.05, 0.1) is 18.6 Å². The van der Waals surface area contributed by atoms with Crippen LogP contribution in [-0.4, -0.2) is 24.9 Å². The van der Waals surface area contributed by atoms with Gasteiger partial charge in [-0.3, -0.25) is 0 Å². The molecule has 21 heavy (non-hydrogen) atoms. The minimum Gasteiger partial charge on any atom is -0.461 e. The summed E-state index contributed by atoms with van der Waals surface area (Å²) in [5.74, 6) is 2.80. The molecule has 3 heterocycles. The van der Waals surface area contributed by atoms with Crippen molar-refractivity contribution in [2.24, 2.45) is 5.73 Å².